The molecule has 1 heterocycles. The summed E-state index contributed by atoms with van der Waals surface area (Å²) in [5, 5.41) is 9.08. The van der Waals surface area contributed by atoms with Gasteiger partial charge in [0.05, 0.1) is 6.61 Å². The molecule has 0 aliphatic carbocycles. The van der Waals surface area contributed by atoms with Crippen molar-refractivity contribution in [3.8, 4) is 0 Å². The zero-order valence-electron chi connectivity index (χ0n) is 8.88. The number of carbonyl (C=O) groups excluding carboxylic acids is 2. The highest BCUT2D eigenvalue weighted by molar-refractivity contribution is 5.67. The number of alkyl halides is 1. The van der Waals surface area contributed by atoms with Crippen LogP contribution in [0.4, 0.5) is 4.39 Å². The van der Waals surface area contributed by atoms with E-state index < -0.39 is 36.6 Å². The second kappa shape index (κ2) is 5.22. The Labute approximate surface area is 91.3 Å². The molecule has 6 nitrogen and oxygen atoms in total. The van der Waals surface area contributed by atoms with Crippen molar-refractivity contribution in [3.05, 3.63) is 0 Å². The topological polar surface area (TPSA) is 82.1 Å². The second-order valence-corrected chi connectivity index (χ2v) is 3.39. The van der Waals surface area contributed by atoms with Crippen LogP contribution in [0.15, 0.2) is 0 Å². The molecule has 0 bridgehead atoms. The Morgan fingerprint density at radius 1 is 1.31 bits per heavy atom. The second-order valence-electron chi connectivity index (χ2n) is 3.39. The average Bonchev–Trinajstić information content (AvgIpc) is 2.16. The molecule has 1 N–H and O–H groups in total. The number of aliphatic hydroxyl groups excluding tert-OH is 1. The van der Waals surface area contributed by atoms with Gasteiger partial charge in [-0.15, -0.1) is 0 Å². The van der Waals surface area contributed by atoms with Gasteiger partial charge in [0.2, 0.25) is 0 Å². The van der Waals surface area contributed by atoms with Gasteiger partial charge in [-0.2, -0.15) is 0 Å². The predicted molar refractivity (Wildman–Crippen MR) is 48.0 cm³/mol. The zero-order chi connectivity index (χ0) is 12.3. The van der Waals surface area contributed by atoms with E-state index in [1.54, 1.807) is 0 Å². The molecule has 1 aliphatic rings. The lowest BCUT2D eigenvalue weighted by molar-refractivity contribution is -0.246. The Morgan fingerprint density at radius 2 is 1.88 bits per heavy atom. The third-order valence-corrected chi connectivity index (χ3v) is 2.00. The number of rotatable bonds is 2. The van der Waals surface area contributed by atoms with Crippen LogP contribution in [0.3, 0.4) is 0 Å². The molecular formula is C9H13FO6. The van der Waals surface area contributed by atoms with Crippen molar-refractivity contribution in [3.63, 3.8) is 0 Å². The average molecular weight is 236 g/mol. The minimum Gasteiger partial charge on any atom is -0.456 e. The summed E-state index contributed by atoms with van der Waals surface area (Å²) < 4.78 is 27.5. The lowest BCUT2D eigenvalue weighted by Gasteiger charge is -2.35. The number of ether oxygens (including phenoxy) is 3. The van der Waals surface area contributed by atoms with E-state index in [9.17, 15) is 14.0 Å². The van der Waals surface area contributed by atoms with Crippen LogP contribution in [-0.4, -0.2) is 48.3 Å². The van der Waals surface area contributed by atoms with Crippen molar-refractivity contribution in [1.82, 2.24) is 0 Å². The summed E-state index contributed by atoms with van der Waals surface area (Å²) >= 11 is 0. The fourth-order valence-electron chi connectivity index (χ4n) is 1.39. The van der Waals surface area contributed by atoms with Crippen LogP contribution in [0.1, 0.15) is 13.8 Å². The Kier molecular flexibility index (Phi) is 4.19. The van der Waals surface area contributed by atoms with Gasteiger partial charge in [0, 0.05) is 13.8 Å². The maximum atomic E-state index is 13.5. The maximum Gasteiger partial charge on any atom is 0.303 e. The Balaban J connectivity index is 2.72. The van der Waals surface area contributed by atoms with Gasteiger partial charge in [-0.25, -0.2) is 4.39 Å². The first-order valence-electron chi connectivity index (χ1n) is 4.70. The molecule has 0 aromatic heterocycles. The molecular weight excluding hydrogens is 223 g/mol. The predicted octanol–water partition coefficient (Wildman–Crippen LogP) is -0.464. The number of carbonyl (C=O) groups is 2. The van der Waals surface area contributed by atoms with E-state index in [1.807, 2.05) is 0 Å². The van der Waals surface area contributed by atoms with Crippen LogP contribution in [0.25, 0.3) is 0 Å². The van der Waals surface area contributed by atoms with Gasteiger partial charge in [-0.1, -0.05) is 0 Å². The molecule has 0 aromatic rings. The van der Waals surface area contributed by atoms with Crippen molar-refractivity contribution in [2.75, 3.05) is 6.61 Å². The van der Waals surface area contributed by atoms with Crippen LogP contribution in [0.5, 0.6) is 0 Å². The normalized spacial score (nSPS) is 34.2. The molecule has 1 aliphatic heterocycles. The van der Waals surface area contributed by atoms with Crippen LogP contribution in [-0.2, 0) is 23.8 Å². The highest BCUT2D eigenvalue weighted by atomic mass is 19.1. The molecule has 0 aromatic carbocycles. The molecule has 0 spiro atoms. The molecule has 1 fully saturated rings. The monoisotopic (exact) mass is 236 g/mol. The fraction of sp³-hybridized carbons (Fsp3) is 0.778. The standard InChI is InChI=1S/C9H13FO6/c1-4(11)15-6-3-14-9(13)7(10)8(6)16-5(2)12/h6-9,13H,3H2,1-2H3/t6-,7+,8-,9-/m1/s1. The van der Waals surface area contributed by atoms with Crippen LogP contribution < -0.4 is 0 Å². The van der Waals surface area contributed by atoms with Crippen molar-refractivity contribution >= 4 is 11.9 Å². The highest BCUT2D eigenvalue weighted by Gasteiger charge is 2.44. The molecule has 16 heavy (non-hydrogen) atoms. The van der Waals surface area contributed by atoms with E-state index in [0.29, 0.717) is 0 Å². The number of aliphatic hydroxyl groups is 1. The van der Waals surface area contributed by atoms with E-state index in [4.69, 9.17) is 9.84 Å². The van der Waals surface area contributed by atoms with E-state index in [2.05, 4.69) is 9.47 Å². The van der Waals surface area contributed by atoms with Crippen LogP contribution in [0, 0.1) is 0 Å². The molecule has 0 amide bonds. The Hall–Kier alpha value is -1.21. The number of esters is 2. The van der Waals surface area contributed by atoms with Gasteiger partial charge in [-0.3, -0.25) is 9.59 Å². The lowest BCUT2D eigenvalue weighted by atomic mass is 10.1. The van der Waals surface area contributed by atoms with Crippen molar-refractivity contribution < 1.29 is 33.3 Å². The third kappa shape index (κ3) is 3.14. The molecule has 4 atom stereocenters. The Morgan fingerprint density at radius 3 is 2.38 bits per heavy atom. The molecule has 0 radical (unpaired) electrons. The van der Waals surface area contributed by atoms with Crippen molar-refractivity contribution in [1.29, 1.82) is 0 Å². The SMILES string of the molecule is CC(=O)O[C@H]1[C@H](F)[C@H](O)OC[C@H]1OC(C)=O. The summed E-state index contributed by atoms with van der Waals surface area (Å²) in [4.78, 5) is 21.5. The van der Waals surface area contributed by atoms with Crippen LogP contribution in [0.2, 0.25) is 0 Å². The van der Waals surface area contributed by atoms with E-state index in [-0.39, 0.29) is 6.61 Å². The van der Waals surface area contributed by atoms with Crippen molar-refractivity contribution in [2.24, 2.45) is 0 Å². The minimum absolute atomic E-state index is 0.223. The first-order chi connectivity index (χ1) is 7.41. The molecule has 0 saturated carbocycles. The first kappa shape index (κ1) is 12.9. The summed E-state index contributed by atoms with van der Waals surface area (Å²) in [7, 11) is 0. The van der Waals surface area contributed by atoms with E-state index in [1.165, 1.54) is 0 Å². The largest absolute Gasteiger partial charge is 0.456 e. The van der Waals surface area contributed by atoms with Crippen LogP contribution >= 0.6 is 0 Å². The smallest absolute Gasteiger partial charge is 0.303 e. The van der Waals surface area contributed by atoms with Gasteiger partial charge >= 0.3 is 11.9 Å². The lowest BCUT2D eigenvalue weighted by Crippen LogP contribution is -2.54. The molecule has 92 valence electrons. The third-order valence-electron chi connectivity index (χ3n) is 2.00. The number of hydrogen-bond donors (Lipinski definition) is 1. The summed E-state index contributed by atoms with van der Waals surface area (Å²) in [6, 6.07) is 0. The van der Waals surface area contributed by atoms with Gasteiger partial charge in [-0.05, 0) is 0 Å². The van der Waals surface area contributed by atoms with Crippen molar-refractivity contribution in [2.45, 2.75) is 38.5 Å². The molecule has 1 saturated heterocycles. The summed E-state index contributed by atoms with van der Waals surface area (Å²) in [5.74, 6) is -1.37. The van der Waals surface area contributed by atoms with Gasteiger partial charge < -0.3 is 19.3 Å². The van der Waals surface area contributed by atoms with Gasteiger partial charge in [0.1, 0.15) is 0 Å². The first-order valence-corrected chi connectivity index (χ1v) is 4.70. The molecule has 7 heteroatoms. The number of halogens is 1. The Bertz CT molecular complexity index is 281. The summed E-state index contributed by atoms with van der Waals surface area (Å²) in [5.41, 5.74) is 0. The fourth-order valence-corrected chi connectivity index (χ4v) is 1.39. The quantitative estimate of drug-likeness (QED) is 0.653. The highest BCUT2D eigenvalue weighted by Crippen LogP contribution is 2.22. The van der Waals surface area contributed by atoms with E-state index in [0.717, 1.165) is 13.8 Å². The van der Waals surface area contributed by atoms with Gasteiger partial charge in [0.15, 0.2) is 24.7 Å². The maximum absolute atomic E-state index is 13.5. The van der Waals surface area contributed by atoms with E-state index >= 15 is 0 Å². The number of hydrogen-bond acceptors (Lipinski definition) is 6. The summed E-state index contributed by atoms with van der Waals surface area (Å²) in [6.07, 6.45) is -6.01. The molecule has 0 unspecified atom stereocenters. The van der Waals surface area contributed by atoms with Gasteiger partial charge in [0.25, 0.3) is 0 Å². The zero-order valence-corrected chi connectivity index (χ0v) is 8.88. The minimum atomic E-state index is -1.94. The summed E-state index contributed by atoms with van der Waals surface area (Å²) in [6.45, 7) is 2.02. The molecule has 1 rings (SSSR count).